The van der Waals surface area contributed by atoms with Crippen LogP contribution in [0.5, 0.6) is 5.75 Å². The highest BCUT2D eigenvalue weighted by atomic mass is 16.5. The van der Waals surface area contributed by atoms with Crippen LogP contribution in [0.15, 0.2) is 30.3 Å². The number of allylic oxidation sites excluding steroid dienone is 1. The standard InChI is InChI=1S/C13H14O3/c1-16-11-6-4-10(5-7-11)12(8-13(14)15)9-2-3-9/h4-9H,2-3H2,1H3,(H,14,15). The van der Waals surface area contributed by atoms with E-state index >= 15 is 0 Å². The van der Waals surface area contributed by atoms with Crippen molar-refractivity contribution in [2.24, 2.45) is 5.92 Å². The number of carbonyl (C=O) groups is 1. The molecule has 0 heterocycles. The highest BCUT2D eigenvalue weighted by molar-refractivity contribution is 5.91. The summed E-state index contributed by atoms with van der Waals surface area (Å²) in [7, 11) is 1.61. The van der Waals surface area contributed by atoms with E-state index in [0.29, 0.717) is 5.92 Å². The molecule has 2 rings (SSSR count). The number of benzene rings is 1. The number of carboxylic acids is 1. The molecular formula is C13H14O3. The highest BCUT2D eigenvalue weighted by Gasteiger charge is 2.27. The van der Waals surface area contributed by atoms with Crippen LogP contribution in [-0.4, -0.2) is 18.2 Å². The van der Waals surface area contributed by atoms with Gasteiger partial charge < -0.3 is 9.84 Å². The fraction of sp³-hybridized carbons (Fsp3) is 0.308. The van der Waals surface area contributed by atoms with Crippen molar-refractivity contribution in [3.63, 3.8) is 0 Å². The molecule has 1 aliphatic rings. The summed E-state index contributed by atoms with van der Waals surface area (Å²) < 4.78 is 5.07. The molecule has 1 aliphatic carbocycles. The third kappa shape index (κ3) is 2.42. The Hall–Kier alpha value is -1.77. The lowest BCUT2D eigenvalue weighted by molar-refractivity contribution is -0.131. The summed E-state index contributed by atoms with van der Waals surface area (Å²) in [5.74, 6) is 0.330. The third-order valence-corrected chi connectivity index (χ3v) is 2.72. The normalized spacial score (nSPS) is 15.9. The van der Waals surface area contributed by atoms with Crippen LogP contribution >= 0.6 is 0 Å². The fourth-order valence-electron chi connectivity index (χ4n) is 1.75. The van der Waals surface area contributed by atoms with Crippen LogP contribution in [0.2, 0.25) is 0 Å². The predicted octanol–water partition coefficient (Wildman–Crippen LogP) is 2.57. The van der Waals surface area contributed by atoms with Crippen molar-refractivity contribution in [3.8, 4) is 5.75 Å². The quantitative estimate of drug-likeness (QED) is 0.790. The first kappa shape index (κ1) is 10.7. The van der Waals surface area contributed by atoms with Gasteiger partial charge >= 0.3 is 5.97 Å². The molecule has 0 aliphatic heterocycles. The zero-order valence-corrected chi connectivity index (χ0v) is 9.14. The Balaban J connectivity index is 2.28. The van der Waals surface area contributed by atoms with E-state index in [0.717, 1.165) is 29.7 Å². The van der Waals surface area contributed by atoms with Crippen molar-refractivity contribution in [2.75, 3.05) is 7.11 Å². The number of hydrogen-bond donors (Lipinski definition) is 1. The Morgan fingerprint density at radius 2 is 2.00 bits per heavy atom. The lowest BCUT2D eigenvalue weighted by Gasteiger charge is -2.06. The average molecular weight is 218 g/mol. The van der Waals surface area contributed by atoms with Gasteiger partial charge in [-0.2, -0.15) is 0 Å². The summed E-state index contributed by atoms with van der Waals surface area (Å²) in [6.07, 6.45) is 3.50. The lowest BCUT2D eigenvalue weighted by atomic mass is 10.0. The zero-order chi connectivity index (χ0) is 11.5. The molecule has 1 N–H and O–H groups in total. The van der Waals surface area contributed by atoms with Crippen molar-refractivity contribution >= 4 is 11.5 Å². The van der Waals surface area contributed by atoms with Crippen LogP contribution in [0.3, 0.4) is 0 Å². The number of aliphatic carboxylic acids is 1. The SMILES string of the molecule is COc1ccc(C(=CC(=O)O)C2CC2)cc1. The maximum absolute atomic E-state index is 10.7. The second-order valence-electron chi connectivity index (χ2n) is 3.94. The van der Waals surface area contributed by atoms with E-state index in [9.17, 15) is 4.79 Å². The first-order valence-corrected chi connectivity index (χ1v) is 5.29. The molecule has 0 amide bonds. The highest BCUT2D eigenvalue weighted by Crippen LogP contribution is 2.42. The van der Waals surface area contributed by atoms with E-state index < -0.39 is 5.97 Å². The van der Waals surface area contributed by atoms with Gasteiger partial charge in [-0.3, -0.25) is 0 Å². The van der Waals surface area contributed by atoms with Crippen molar-refractivity contribution in [1.29, 1.82) is 0 Å². The van der Waals surface area contributed by atoms with Gasteiger partial charge in [0.2, 0.25) is 0 Å². The van der Waals surface area contributed by atoms with Gasteiger partial charge in [0, 0.05) is 6.08 Å². The molecule has 0 bridgehead atoms. The molecule has 0 saturated heterocycles. The number of ether oxygens (including phenoxy) is 1. The summed E-state index contributed by atoms with van der Waals surface area (Å²) in [6, 6.07) is 7.53. The Morgan fingerprint density at radius 3 is 2.44 bits per heavy atom. The van der Waals surface area contributed by atoms with Crippen molar-refractivity contribution in [1.82, 2.24) is 0 Å². The van der Waals surface area contributed by atoms with Crippen molar-refractivity contribution in [3.05, 3.63) is 35.9 Å². The van der Waals surface area contributed by atoms with Crippen molar-refractivity contribution < 1.29 is 14.6 Å². The first-order chi connectivity index (χ1) is 7.70. The molecular weight excluding hydrogens is 204 g/mol. The summed E-state index contributed by atoms with van der Waals surface area (Å²) >= 11 is 0. The Labute approximate surface area is 94.4 Å². The lowest BCUT2D eigenvalue weighted by Crippen LogP contribution is -1.94. The second-order valence-corrected chi connectivity index (χ2v) is 3.94. The Bertz CT molecular complexity index is 413. The van der Waals surface area contributed by atoms with Gasteiger partial charge in [-0.1, -0.05) is 12.1 Å². The fourth-order valence-corrected chi connectivity index (χ4v) is 1.75. The molecule has 84 valence electrons. The summed E-state index contributed by atoms with van der Waals surface area (Å²) in [5.41, 5.74) is 1.90. The van der Waals surface area contributed by atoms with Gasteiger partial charge in [0.1, 0.15) is 5.75 Å². The van der Waals surface area contributed by atoms with E-state index in [1.54, 1.807) is 7.11 Å². The average Bonchev–Trinajstić information content (AvgIpc) is 3.10. The summed E-state index contributed by atoms with van der Waals surface area (Å²) in [6.45, 7) is 0. The molecule has 0 radical (unpaired) electrons. The molecule has 0 atom stereocenters. The van der Waals surface area contributed by atoms with Gasteiger partial charge in [-0.25, -0.2) is 4.79 Å². The van der Waals surface area contributed by atoms with Gasteiger partial charge in [0.25, 0.3) is 0 Å². The second kappa shape index (κ2) is 4.39. The molecule has 0 spiro atoms. The van der Waals surface area contributed by atoms with E-state index in [1.807, 2.05) is 24.3 Å². The van der Waals surface area contributed by atoms with Crippen LogP contribution in [0.25, 0.3) is 5.57 Å². The monoisotopic (exact) mass is 218 g/mol. The molecule has 16 heavy (non-hydrogen) atoms. The maximum atomic E-state index is 10.7. The molecule has 3 heteroatoms. The minimum absolute atomic E-state index is 0.421. The molecule has 0 unspecified atom stereocenters. The number of carboxylic acid groups (broad SMARTS) is 1. The predicted molar refractivity (Wildman–Crippen MR) is 61.3 cm³/mol. The molecule has 1 saturated carbocycles. The zero-order valence-electron chi connectivity index (χ0n) is 9.14. The van der Waals surface area contributed by atoms with E-state index in [-0.39, 0.29) is 0 Å². The third-order valence-electron chi connectivity index (χ3n) is 2.72. The largest absolute Gasteiger partial charge is 0.497 e. The molecule has 1 fully saturated rings. The van der Waals surface area contributed by atoms with Gasteiger partial charge in [-0.05, 0) is 42.0 Å². The topological polar surface area (TPSA) is 46.5 Å². The van der Waals surface area contributed by atoms with Crippen LogP contribution in [0, 0.1) is 5.92 Å². The Kier molecular flexibility index (Phi) is 2.95. The first-order valence-electron chi connectivity index (χ1n) is 5.29. The van der Waals surface area contributed by atoms with E-state index in [2.05, 4.69) is 0 Å². The van der Waals surface area contributed by atoms with Crippen molar-refractivity contribution in [2.45, 2.75) is 12.8 Å². The summed E-state index contributed by atoms with van der Waals surface area (Å²) in [4.78, 5) is 10.7. The molecule has 1 aromatic rings. The van der Waals surface area contributed by atoms with E-state index in [4.69, 9.17) is 9.84 Å². The van der Waals surface area contributed by atoms with E-state index in [1.165, 1.54) is 6.08 Å². The van der Waals surface area contributed by atoms with Gasteiger partial charge in [-0.15, -0.1) is 0 Å². The van der Waals surface area contributed by atoms with Gasteiger partial charge in [0.15, 0.2) is 0 Å². The maximum Gasteiger partial charge on any atom is 0.328 e. The van der Waals surface area contributed by atoms with Crippen LogP contribution in [-0.2, 0) is 4.79 Å². The minimum atomic E-state index is -0.877. The van der Waals surface area contributed by atoms with Crippen LogP contribution in [0.4, 0.5) is 0 Å². The number of rotatable bonds is 4. The summed E-state index contributed by atoms with van der Waals surface area (Å²) in [5, 5.41) is 8.82. The smallest absolute Gasteiger partial charge is 0.328 e. The number of hydrogen-bond acceptors (Lipinski definition) is 2. The van der Waals surface area contributed by atoms with Crippen LogP contribution < -0.4 is 4.74 Å². The Morgan fingerprint density at radius 1 is 1.38 bits per heavy atom. The van der Waals surface area contributed by atoms with Gasteiger partial charge in [0.05, 0.1) is 7.11 Å². The minimum Gasteiger partial charge on any atom is -0.497 e. The molecule has 0 aromatic heterocycles. The van der Waals surface area contributed by atoms with Crippen LogP contribution in [0.1, 0.15) is 18.4 Å². The molecule has 1 aromatic carbocycles. The number of methoxy groups -OCH3 is 1. The molecule has 3 nitrogen and oxygen atoms in total.